The number of carbonyl (C=O) groups excluding carboxylic acids is 3. The van der Waals surface area contributed by atoms with Crippen molar-refractivity contribution in [3.63, 3.8) is 0 Å². The number of methoxy groups -OCH3 is 2. The Labute approximate surface area is 263 Å². The molecule has 9 nitrogen and oxygen atoms in total. The third-order valence-corrected chi connectivity index (χ3v) is 10.6. The van der Waals surface area contributed by atoms with E-state index in [0.717, 1.165) is 47.7 Å². The van der Waals surface area contributed by atoms with Crippen molar-refractivity contribution in [2.45, 2.75) is 61.5 Å². The summed E-state index contributed by atoms with van der Waals surface area (Å²) in [5.74, 6) is -1.39. The number of aromatic amines is 1. The minimum absolute atomic E-state index is 0.00606. The van der Waals surface area contributed by atoms with Crippen LogP contribution in [0.5, 0.6) is 5.75 Å². The molecule has 5 rings (SSSR count). The maximum Gasteiger partial charge on any atom is 0.332 e. The van der Waals surface area contributed by atoms with Crippen molar-refractivity contribution in [1.82, 2.24) is 4.98 Å². The Balaban J connectivity index is 1.46. The van der Waals surface area contributed by atoms with Crippen LogP contribution in [0.4, 0.5) is 5.69 Å². The van der Waals surface area contributed by atoms with Crippen molar-refractivity contribution in [3.8, 4) is 5.75 Å². The minimum Gasteiger partial charge on any atom is -0.496 e. The molecule has 2 N–H and O–H groups in total. The first-order valence-corrected chi connectivity index (χ1v) is 16.7. The van der Waals surface area contributed by atoms with Crippen molar-refractivity contribution >= 4 is 44.1 Å². The van der Waals surface area contributed by atoms with E-state index < -0.39 is 26.8 Å². The monoisotopic (exact) mass is 630 g/mol. The van der Waals surface area contributed by atoms with Gasteiger partial charge in [-0.25, -0.2) is 8.42 Å². The fourth-order valence-electron chi connectivity index (χ4n) is 6.34. The van der Waals surface area contributed by atoms with E-state index in [1.54, 1.807) is 12.1 Å². The molecule has 0 spiro atoms. The molecule has 0 saturated heterocycles. The van der Waals surface area contributed by atoms with E-state index >= 15 is 0 Å². The summed E-state index contributed by atoms with van der Waals surface area (Å²) in [6.45, 7) is 2.04. The third-order valence-electron chi connectivity index (χ3n) is 8.66. The lowest BCUT2D eigenvalue weighted by Crippen LogP contribution is -2.39. The fourth-order valence-corrected chi connectivity index (χ4v) is 7.91. The van der Waals surface area contributed by atoms with Gasteiger partial charge in [-0.15, -0.1) is 0 Å². The second kappa shape index (κ2) is 13.7. The predicted molar refractivity (Wildman–Crippen MR) is 172 cm³/mol. The van der Waals surface area contributed by atoms with E-state index in [1.165, 1.54) is 56.3 Å². The number of fused-ring (bicyclic) bond motifs is 1. The number of rotatable bonds is 12. The molecular weight excluding hydrogens is 592 g/mol. The van der Waals surface area contributed by atoms with Crippen molar-refractivity contribution in [3.05, 3.63) is 89.6 Å². The van der Waals surface area contributed by atoms with Gasteiger partial charge in [-0.2, -0.15) is 0 Å². The molecule has 2 unspecified atom stereocenters. The van der Waals surface area contributed by atoms with E-state index in [9.17, 15) is 22.8 Å². The molecule has 1 aliphatic rings. The van der Waals surface area contributed by atoms with Gasteiger partial charge in [-0.3, -0.25) is 14.4 Å². The van der Waals surface area contributed by atoms with E-state index in [1.807, 2.05) is 31.3 Å². The molecule has 1 amide bonds. The zero-order valence-electron chi connectivity index (χ0n) is 25.7. The number of sulfone groups is 1. The van der Waals surface area contributed by atoms with Crippen LogP contribution in [0.15, 0.2) is 77.8 Å². The number of Topliss-reactive ketones (excluding diaryl/α,β-unsaturated/α-hetero) is 1. The standard InChI is InChI=1S/C35H38N2O7S/c1-4-26(29-21-36-30-17-15-24(20-28(29)30)37-32(38)18-22-10-8-9-11-22)27-16-14-23(19-31(27)43-2)33(39)34(35(40)44-3)45(41,42)25-12-6-5-7-13-25/h5-7,12-17,19-22,26,34,36H,4,8-11,18H2,1-3H3,(H,37,38). The number of hydrogen-bond donors (Lipinski definition) is 2. The molecule has 0 radical (unpaired) electrons. The van der Waals surface area contributed by atoms with Gasteiger partial charge in [-0.05, 0) is 67.1 Å². The lowest BCUT2D eigenvalue weighted by Gasteiger charge is -2.20. The van der Waals surface area contributed by atoms with Gasteiger partial charge in [0.1, 0.15) is 5.75 Å². The molecule has 4 aromatic rings. The number of hydrogen-bond acceptors (Lipinski definition) is 7. The van der Waals surface area contributed by atoms with E-state index in [0.29, 0.717) is 24.5 Å². The van der Waals surface area contributed by atoms with Crippen LogP contribution in [0.25, 0.3) is 10.9 Å². The summed E-state index contributed by atoms with van der Waals surface area (Å²) in [5, 5.41) is 1.94. The van der Waals surface area contributed by atoms with Crippen LogP contribution in [-0.4, -0.2) is 50.5 Å². The van der Waals surface area contributed by atoms with Gasteiger partial charge in [0.2, 0.25) is 11.2 Å². The van der Waals surface area contributed by atoms with E-state index in [4.69, 9.17) is 9.47 Å². The lowest BCUT2D eigenvalue weighted by atomic mass is 9.87. The highest BCUT2D eigenvalue weighted by atomic mass is 32.2. The molecule has 0 bridgehead atoms. The van der Waals surface area contributed by atoms with Crippen LogP contribution in [-0.2, 0) is 24.2 Å². The molecule has 1 saturated carbocycles. The van der Waals surface area contributed by atoms with Gasteiger partial charge >= 0.3 is 5.97 Å². The van der Waals surface area contributed by atoms with Gasteiger partial charge in [0.05, 0.1) is 19.1 Å². The van der Waals surface area contributed by atoms with Crippen LogP contribution >= 0.6 is 0 Å². The lowest BCUT2D eigenvalue weighted by molar-refractivity contribution is -0.139. The fraction of sp³-hybridized carbons (Fsp3) is 0.343. The minimum atomic E-state index is -4.39. The molecule has 10 heteroatoms. The number of amides is 1. The van der Waals surface area contributed by atoms with Crippen LogP contribution in [0, 0.1) is 5.92 Å². The van der Waals surface area contributed by atoms with Gasteiger partial charge in [0.15, 0.2) is 15.6 Å². The Hall–Kier alpha value is -4.44. The van der Waals surface area contributed by atoms with Gasteiger partial charge < -0.3 is 19.8 Å². The number of H-pyrrole nitrogens is 1. The Morgan fingerprint density at radius 3 is 2.36 bits per heavy atom. The number of esters is 1. The zero-order valence-corrected chi connectivity index (χ0v) is 26.5. The molecule has 1 aliphatic carbocycles. The largest absolute Gasteiger partial charge is 0.496 e. The molecule has 45 heavy (non-hydrogen) atoms. The molecule has 1 heterocycles. The Bertz CT molecular complexity index is 1810. The number of benzene rings is 3. The Kier molecular flexibility index (Phi) is 9.72. The number of ketones is 1. The Morgan fingerprint density at radius 2 is 1.69 bits per heavy atom. The molecule has 2 atom stereocenters. The first-order valence-electron chi connectivity index (χ1n) is 15.2. The molecule has 236 valence electrons. The molecule has 0 aliphatic heterocycles. The van der Waals surface area contributed by atoms with Crippen molar-refractivity contribution in [2.75, 3.05) is 19.5 Å². The van der Waals surface area contributed by atoms with Gasteiger partial charge in [0, 0.05) is 46.3 Å². The van der Waals surface area contributed by atoms with E-state index in [2.05, 4.69) is 10.3 Å². The van der Waals surface area contributed by atoms with Crippen molar-refractivity contribution in [1.29, 1.82) is 0 Å². The van der Waals surface area contributed by atoms with Gasteiger partial charge in [-0.1, -0.05) is 50.1 Å². The summed E-state index contributed by atoms with van der Waals surface area (Å²) in [4.78, 5) is 42.2. The first-order chi connectivity index (χ1) is 21.7. The normalized spacial score (nSPS) is 15.0. The molecule has 1 fully saturated rings. The van der Waals surface area contributed by atoms with Crippen LogP contribution in [0.2, 0.25) is 0 Å². The maximum absolute atomic E-state index is 13.6. The van der Waals surface area contributed by atoms with E-state index in [-0.39, 0.29) is 22.3 Å². The summed E-state index contributed by atoms with van der Waals surface area (Å²) >= 11 is 0. The number of carbonyl (C=O) groups is 3. The topological polar surface area (TPSA) is 132 Å². The number of aromatic nitrogens is 1. The molecule has 1 aromatic heterocycles. The average Bonchev–Trinajstić information content (AvgIpc) is 3.71. The number of ether oxygens (including phenoxy) is 2. The summed E-state index contributed by atoms with van der Waals surface area (Å²) in [6.07, 6.45) is 7.72. The predicted octanol–water partition coefficient (Wildman–Crippen LogP) is 6.44. The average molecular weight is 631 g/mol. The SMILES string of the molecule is CCC(c1ccc(C(=O)C(C(=O)OC)S(=O)(=O)c2ccccc2)cc1OC)c1c[nH]c2ccc(NC(=O)CC3CCCC3)cc12. The summed E-state index contributed by atoms with van der Waals surface area (Å²) in [7, 11) is -1.86. The molecule has 3 aromatic carbocycles. The quantitative estimate of drug-likeness (QED) is 0.105. The van der Waals surface area contributed by atoms with Crippen LogP contribution in [0.3, 0.4) is 0 Å². The van der Waals surface area contributed by atoms with Crippen molar-refractivity contribution in [2.24, 2.45) is 5.92 Å². The summed E-state index contributed by atoms with van der Waals surface area (Å²) in [5.41, 5.74) is 3.41. The highest BCUT2D eigenvalue weighted by Crippen LogP contribution is 2.39. The number of nitrogens with one attached hydrogen (secondary N) is 2. The summed E-state index contributed by atoms with van der Waals surface area (Å²) < 4.78 is 37.3. The second-order valence-electron chi connectivity index (χ2n) is 11.5. The first kappa shape index (κ1) is 32.0. The highest BCUT2D eigenvalue weighted by molar-refractivity contribution is 7.93. The zero-order chi connectivity index (χ0) is 32.1. The van der Waals surface area contributed by atoms with Gasteiger partial charge in [0.25, 0.3) is 0 Å². The second-order valence-corrected chi connectivity index (χ2v) is 13.5. The Morgan fingerprint density at radius 1 is 0.956 bits per heavy atom. The van der Waals surface area contributed by atoms with Crippen LogP contribution < -0.4 is 10.1 Å². The highest BCUT2D eigenvalue weighted by Gasteiger charge is 2.42. The maximum atomic E-state index is 13.6. The van der Waals surface area contributed by atoms with Crippen LogP contribution in [0.1, 0.15) is 72.9 Å². The summed E-state index contributed by atoms with van der Waals surface area (Å²) in [6, 6.07) is 17.9. The third kappa shape index (κ3) is 6.66. The van der Waals surface area contributed by atoms with Crippen molar-refractivity contribution < 1.29 is 32.3 Å². The smallest absolute Gasteiger partial charge is 0.332 e. The molecular formula is C35H38N2O7S. The number of anilines is 1.